The standard InChI is InChI=1S/C22H28FN3O.ClH/c1-2-25(15-12-21(27)26-16-13-24-14-17-26)22(18-6-4-3-5-7-18)19-8-10-20(23)11-9-19;/h3-11,22,24H,2,12-17H2,1H3;1H. The van der Waals surface area contributed by atoms with Crippen molar-refractivity contribution < 1.29 is 9.18 Å². The second-order valence-electron chi connectivity index (χ2n) is 6.87. The third-order valence-corrected chi connectivity index (χ3v) is 5.15. The van der Waals surface area contributed by atoms with Crippen molar-refractivity contribution in [2.24, 2.45) is 0 Å². The molecule has 0 aromatic heterocycles. The highest BCUT2D eigenvalue weighted by molar-refractivity contribution is 5.85. The molecular weight excluding hydrogens is 377 g/mol. The van der Waals surface area contributed by atoms with Crippen LogP contribution in [0.25, 0.3) is 0 Å². The van der Waals surface area contributed by atoms with Gasteiger partial charge in [-0.1, -0.05) is 49.4 Å². The normalized spacial score (nSPS) is 15.2. The van der Waals surface area contributed by atoms with Gasteiger partial charge < -0.3 is 10.2 Å². The maximum absolute atomic E-state index is 13.4. The molecule has 1 saturated heterocycles. The molecule has 4 nitrogen and oxygen atoms in total. The highest BCUT2D eigenvalue weighted by Crippen LogP contribution is 2.29. The van der Waals surface area contributed by atoms with E-state index in [-0.39, 0.29) is 30.2 Å². The molecule has 1 aliphatic heterocycles. The Hall–Kier alpha value is -1.95. The van der Waals surface area contributed by atoms with Gasteiger partial charge in [0.1, 0.15) is 5.82 Å². The Morgan fingerprint density at radius 1 is 1.07 bits per heavy atom. The maximum Gasteiger partial charge on any atom is 0.223 e. The van der Waals surface area contributed by atoms with Gasteiger partial charge in [-0.15, -0.1) is 12.4 Å². The van der Waals surface area contributed by atoms with Crippen molar-refractivity contribution in [3.05, 3.63) is 71.5 Å². The van der Waals surface area contributed by atoms with E-state index in [1.165, 1.54) is 12.1 Å². The Morgan fingerprint density at radius 3 is 2.29 bits per heavy atom. The van der Waals surface area contributed by atoms with Crippen LogP contribution in [0, 0.1) is 5.82 Å². The van der Waals surface area contributed by atoms with Gasteiger partial charge in [0.15, 0.2) is 0 Å². The summed E-state index contributed by atoms with van der Waals surface area (Å²) in [5.41, 5.74) is 2.19. The van der Waals surface area contributed by atoms with Crippen LogP contribution in [0.15, 0.2) is 54.6 Å². The lowest BCUT2D eigenvalue weighted by molar-refractivity contribution is -0.132. The zero-order chi connectivity index (χ0) is 19.1. The van der Waals surface area contributed by atoms with Crippen molar-refractivity contribution in [2.75, 3.05) is 39.3 Å². The highest BCUT2D eigenvalue weighted by atomic mass is 35.5. The molecule has 0 radical (unpaired) electrons. The molecule has 2 aromatic carbocycles. The van der Waals surface area contributed by atoms with Crippen molar-refractivity contribution >= 4 is 18.3 Å². The van der Waals surface area contributed by atoms with E-state index < -0.39 is 0 Å². The topological polar surface area (TPSA) is 35.6 Å². The second-order valence-corrected chi connectivity index (χ2v) is 6.87. The minimum absolute atomic E-state index is 0. The van der Waals surface area contributed by atoms with Gasteiger partial charge >= 0.3 is 0 Å². The van der Waals surface area contributed by atoms with E-state index in [1.54, 1.807) is 0 Å². The molecule has 28 heavy (non-hydrogen) atoms. The highest BCUT2D eigenvalue weighted by Gasteiger charge is 2.23. The van der Waals surface area contributed by atoms with Crippen LogP contribution in [0.2, 0.25) is 0 Å². The molecule has 2 aromatic rings. The van der Waals surface area contributed by atoms with Crippen molar-refractivity contribution in [1.29, 1.82) is 0 Å². The molecule has 0 aliphatic carbocycles. The van der Waals surface area contributed by atoms with Gasteiger partial charge in [-0.25, -0.2) is 4.39 Å². The van der Waals surface area contributed by atoms with Gasteiger partial charge in [-0.2, -0.15) is 0 Å². The Bertz CT molecular complexity index is 720. The Morgan fingerprint density at radius 2 is 1.68 bits per heavy atom. The number of benzene rings is 2. The lowest BCUT2D eigenvalue weighted by Gasteiger charge is -2.33. The average molecular weight is 406 g/mol. The first-order valence-electron chi connectivity index (χ1n) is 9.72. The summed E-state index contributed by atoms with van der Waals surface area (Å²) >= 11 is 0. The number of hydrogen-bond donors (Lipinski definition) is 1. The molecule has 1 unspecified atom stereocenters. The van der Waals surface area contributed by atoms with Crippen molar-refractivity contribution in [2.45, 2.75) is 19.4 Å². The van der Waals surface area contributed by atoms with E-state index in [0.29, 0.717) is 13.0 Å². The molecule has 1 aliphatic rings. The first-order valence-corrected chi connectivity index (χ1v) is 9.72. The zero-order valence-electron chi connectivity index (χ0n) is 16.3. The molecule has 0 saturated carbocycles. The van der Waals surface area contributed by atoms with Gasteiger partial charge in [0.2, 0.25) is 5.91 Å². The predicted molar refractivity (Wildman–Crippen MR) is 113 cm³/mol. The van der Waals surface area contributed by atoms with Crippen LogP contribution in [0.1, 0.15) is 30.5 Å². The number of rotatable bonds is 7. The third-order valence-electron chi connectivity index (χ3n) is 5.15. The monoisotopic (exact) mass is 405 g/mol. The summed E-state index contributed by atoms with van der Waals surface area (Å²) in [7, 11) is 0. The van der Waals surface area contributed by atoms with E-state index in [4.69, 9.17) is 0 Å². The number of piperazine rings is 1. The molecular formula is C22H29ClFN3O. The van der Waals surface area contributed by atoms with Gasteiger partial charge in [-0.05, 0) is 29.8 Å². The molecule has 1 heterocycles. The fourth-order valence-electron chi connectivity index (χ4n) is 3.68. The minimum Gasteiger partial charge on any atom is -0.340 e. The zero-order valence-corrected chi connectivity index (χ0v) is 17.1. The smallest absolute Gasteiger partial charge is 0.223 e. The molecule has 1 fully saturated rings. The second kappa shape index (κ2) is 11.1. The molecule has 6 heteroatoms. The summed E-state index contributed by atoms with van der Waals surface area (Å²) in [6.45, 7) is 6.89. The van der Waals surface area contributed by atoms with E-state index >= 15 is 0 Å². The molecule has 3 rings (SSSR count). The molecule has 0 spiro atoms. The fraction of sp³-hybridized carbons (Fsp3) is 0.409. The predicted octanol–water partition coefficient (Wildman–Crippen LogP) is 3.48. The molecule has 0 bridgehead atoms. The van der Waals surface area contributed by atoms with E-state index in [1.807, 2.05) is 35.2 Å². The Labute approximate surface area is 173 Å². The number of carbonyl (C=O) groups excluding carboxylic acids is 1. The van der Waals surface area contributed by atoms with Gasteiger partial charge in [-0.3, -0.25) is 9.69 Å². The summed E-state index contributed by atoms with van der Waals surface area (Å²) in [6, 6.07) is 16.9. The van der Waals surface area contributed by atoms with Crippen molar-refractivity contribution in [1.82, 2.24) is 15.1 Å². The number of carbonyl (C=O) groups is 1. The van der Waals surface area contributed by atoms with E-state index in [2.05, 4.69) is 29.3 Å². The number of amides is 1. The fourth-order valence-corrected chi connectivity index (χ4v) is 3.68. The summed E-state index contributed by atoms with van der Waals surface area (Å²) in [4.78, 5) is 16.8. The van der Waals surface area contributed by atoms with Crippen LogP contribution in [0.4, 0.5) is 4.39 Å². The molecule has 1 N–H and O–H groups in total. The number of nitrogens with one attached hydrogen (secondary N) is 1. The van der Waals surface area contributed by atoms with Crippen LogP contribution in [0.3, 0.4) is 0 Å². The van der Waals surface area contributed by atoms with Gasteiger partial charge in [0, 0.05) is 39.1 Å². The first-order chi connectivity index (χ1) is 13.2. The van der Waals surface area contributed by atoms with Crippen LogP contribution >= 0.6 is 12.4 Å². The van der Waals surface area contributed by atoms with Crippen molar-refractivity contribution in [3.8, 4) is 0 Å². The summed E-state index contributed by atoms with van der Waals surface area (Å²) in [6.07, 6.45) is 0.498. The van der Waals surface area contributed by atoms with Gasteiger partial charge in [0.05, 0.1) is 6.04 Å². The van der Waals surface area contributed by atoms with Gasteiger partial charge in [0.25, 0.3) is 0 Å². The molecule has 1 amide bonds. The first kappa shape index (κ1) is 22.3. The lowest BCUT2D eigenvalue weighted by Crippen LogP contribution is -2.47. The number of hydrogen-bond acceptors (Lipinski definition) is 3. The minimum atomic E-state index is -0.234. The average Bonchev–Trinajstić information content (AvgIpc) is 2.73. The molecule has 152 valence electrons. The van der Waals surface area contributed by atoms with Crippen LogP contribution in [-0.4, -0.2) is 55.0 Å². The summed E-state index contributed by atoms with van der Waals surface area (Å²) < 4.78 is 13.4. The number of halogens is 2. The summed E-state index contributed by atoms with van der Waals surface area (Å²) in [5, 5.41) is 3.28. The summed E-state index contributed by atoms with van der Waals surface area (Å²) in [5.74, 6) is -0.0247. The van der Waals surface area contributed by atoms with E-state index in [0.717, 1.165) is 43.9 Å². The van der Waals surface area contributed by atoms with Crippen LogP contribution < -0.4 is 5.32 Å². The Kier molecular flexibility index (Phi) is 8.90. The van der Waals surface area contributed by atoms with Crippen LogP contribution in [0.5, 0.6) is 0 Å². The van der Waals surface area contributed by atoms with E-state index in [9.17, 15) is 9.18 Å². The quantitative estimate of drug-likeness (QED) is 0.766. The number of nitrogens with zero attached hydrogens (tertiary/aromatic N) is 2. The largest absolute Gasteiger partial charge is 0.340 e. The third kappa shape index (κ3) is 5.77. The Balaban J connectivity index is 0.00000280. The van der Waals surface area contributed by atoms with Crippen LogP contribution in [-0.2, 0) is 4.79 Å². The lowest BCUT2D eigenvalue weighted by atomic mass is 9.96. The maximum atomic E-state index is 13.4. The molecule has 1 atom stereocenters. The SMILES string of the molecule is CCN(CCC(=O)N1CCNCC1)C(c1ccccc1)c1ccc(F)cc1.Cl. The van der Waals surface area contributed by atoms with Crippen molar-refractivity contribution in [3.63, 3.8) is 0 Å².